The maximum atomic E-state index is 11.1. The highest BCUT2D eigenvalue weighted by atomic mass is 16.5. The van der Waals surface area contributed by atoms with Gasteiger partial charge in [0.25, 0.3) is 0 Å². The number of rotatable bonds is 7. The maximum Gasteiger partial charge on any atom is 0.338 e. The molecule has 3 rings (SSSR count). The van der Waals surface area contributed by atoms with Crippen LogP contribution in [0.25, 0.3) is 0 Å². The molecule has 1 aromatic carbocycles. The van der Waals surface area contributed by atoms with E-state index in [2.05, 4.69) is 63.6 Å². The third kappa shape index (κ3) is 5.70. The molecular formula is C26H38N2O3. The lowest BCUT2D eigenvalue weighted by Gasteiger charge is -2.27. The van der Waals surface area contributed by atoms with Crippen molar-refractivity contribution >= 4 is 5.97 Å². The van der Waals surface area contributed by atoms with Gasteiger partial charge in [0.05, 0.1) is 17.6 Å². The zero-order valence-corrected chi connectivity index (χ0v) is 20.4. The second-order valence-corrected chi connectivity index (χ2v) is 9.67. The van der Waals surface area contributed by atoms with Crippen molar-refractivity contribution in [2.45, 2.75) is 85.7 Å². The third-order valence-electron chi connectivity index (χ3n) is 5.56. The minimum atomic E-state index is -1.00. The summed E-state index contributed by atoms with van der Waals surface area (Å²) in [5, 5.41) is 9.12. The second kappa shape index (κ2) is 9.90. The van der Waals surface area contributed by atoms with Crippen LogP contribution in [0, 0.1) is 12.8 Å². The molecule has 1 heterocycles. The Morgan fingerprint density at radius 1 is 1.16 bits per heavy atom. The van der Waals surface area contributed by atoms with Crippen molar-refractivity contribution < 1.29 is 14.6 Å². The average Bonchev–Trinajstić information content (AvgIpc) is 3.50. The number of hydrogen-bond acceptors (Lipinski definition) is 4. The number of carbonyl (C=O) groups is 1. The average molecular weight is 427 g/mol. The summed E-state index contributed by atoms with van der Waals surface area (Å²) in [6.45, 7) is 18.5. The highest BCUT2D eigenvalue weighted by molar-refractivity contribution is 5.86. The molecular weight excluding hydrogens is 388 g/mol. The molecule has 170 valence electrons. The Hall–Kier alpha value is -2.27. The zero-order chi connectivity index (χ0) is 23.4. The molecule has 0 unspecified atom stereocenters. The summed E-state index contributed by atoms with van der Waals surface area (Å²) >= 11 is 0. The molecule has 0 amide bonds. The van der Waals surface area contributed by atoms with Crippen molar-refractivity contribution in [1.29, 1.82) is 0 Å². The Labute approximate surface area is 187 Å². The summed E-state index contributed by atoms with van der Waals surface area (Å²) in [6.07, 6.45) is 4.79. The van der Waals surface area contributed by atoms with E-state index in [-0.39, 0.29) is 16.4 Å². The van der Waals surface area contributed by atoms with E-state index in [1.54, 1.807) is 0 Å². The van der Waals surface area contributed by atoms with Crippen molar-refractivity contribution in [2.75, 3.05) is 6.61 Å². The number of nitrogens with zero attached hydrogens (tertiary/aromatic N) is 2. The summed E-state index contributed by atoms with van der Waals surface area (Å²) in [7, 11) is 0. The number of aromatic carboxylic acids is 1. The largest absolute Gasteiger partial charge is 0.478 e. The molecule has 31 heavy (non-hydrogen) atoms. The predicted octanol–water partition coefficient (Wildman–Crippen LogP) is 6.06. The molecule has 0 saturated heterocycles. The molecule has 0 aliphatic heterocycles. The molecule has 1 N–H and O–H groups in total. The fourth-order valence-corrected chi connectivity index (χ4v) is 3.93. The quantitative estimate of drug-likeness (QED) is 0.582. The number of benzene rings is 1. The first kappa shape index (κ1) is 25.0. The molecule has 1 aliphatic carbocycles. The predicted molar refractivity (Wildman–Crippen MR) is 125 cm³/mol. The van der Waals surface area contributed by atoms with Crippen LogP contribution < -0.4 is 0 Å². The minimum absolute atomic E-state index is 0.0108. The van der Waals surface area contributed by atoms with Gasteiger partial charge in [-0.05, 0) is 53.4 Å². The van der Waals surface area contributed by atoms with E-state index in [9.17, 15) is 4.79 Å². The van der Waals surface area contributed by atoms with Crippen LogP contribution in [0.3, 0.4) is 0 Å². The van der Waals surface area contributed by atoms with Crippen LogP contribution in [0.2, 0.25) is 0 Å². The molecule has 5 heteroatoms. The first-order valence-corrected chi connectivity index (χ1v) is 11.3. The standard InChI is InChI=1S/C24H32N2O3.C2H6/c1-15(2)13-29-14-17-9-16(3)19(10-20(17)23(4,5)6)24(7-8-24)22-25-11-18(12-26-22)21(27)28;1-2/h9-12,15H,7-8,13-14H2,1-6H3,(H,27,28);1-2H3. The van der Waals surface area contributed by atoms with Crippen LogP contribution in [0.5, 0.6) is 0 Å². The van der Waals surface area contributed by atoms with Crippen molar-refractivity contribution in [3.8, 4) is 0 Å². The summed E-state index contributed by atoms with van der Waals surface area (Å²) < 4.78 is 5.95. The lowest BCUT2D eigenvalue weighted by Crippen LogP contribution is -2.21. The second-order valence-electron chi connectivity index (χ2n) is 9.67. The van der Waals surface area contributed by atoms with E-state index < -0.39 is 5.97 Å². The summed E-state index contributed by atoms with van der Waals surface area (Å²) in [5.74, 6) is 0.224. The van der Waals surface area contributed by atoms with Crippen molar-refractivity contribution in [1.82, 2.24) is 9.97 Å². The van der Waals surface area contributed by atoms with Crippen molar-refractivity contribution in [3.05, 3.63) is 58.2 Å². The van der Waals surface area contributed by atoms with Gasteiger partial charge in [0.15, 0.2) is 0 Å². The van der Waals surface area contributed by atoms with Crippen LogP contribution in [-0.4, -0.2) is 27.7 Å². The van der Waals surface area contributed by atoms with Crippen molar-refractivity contribution in [2.24, 2.45) is 5.92 Å². The zero-order valence-electron chi connectivity index (χ0n) is 20.4. The van der Waals surface area contributed by atoms with E-state index in [0.29, 0.717) is 18.3 Å². The van der Waals surface area contributed by atoms with Crippen LogP contribution >= 0.6 is 0 Å². The van der Waals surface area contributed by atoms with Crippen LogP contribution in [0.1, 0.15) is 99.7 Å². The Balaban J connectivity index is 0.00000166. The summed E-state index contributed by atoms with van der Waals surface area (Å²) in [5.41, 5.74) is 4.88. The topological polar surface area (TPSA) is 72.3 Å². The van der Waals surface area contributed by atoms with Crippen molar-refractivity contribution in [3.63, 3.8) is 0 Å². The Morgan fingerprint density at radius 3 is 2.19 bits per heavy atom. The van der Waals surface area contributed by atoms with Gasteiger partial charge in [0, 0.05) is 19.0 Å². The molecule has 2 aromatic rings. The summed E-state index contributed by atoms with van der Waals surface area (Å²) in [6, 6.07) is 4.56. The highest BCUT2D eigenvalue weighted by Crippen LogP contribution is 2.53. The Kier molecular flexibility index (Phi) is 7.98. The Bertz CT molecular complexity index is 892. The molecule has 0 radical (unpaired) electrons. The van der Waals surface area contributed by atoms with Gasteiger partial charge in [-0.2, -0.15) is 0 Å². The van der Waals surface area contributed by atoms with Gasteiger partial charge in [0.1, 0.15) is 5.82 Å². The molecule has 1 aromatic heterocycles. The molecule has 0 bridgehead atoms. The van der Waals surface area contributed by atoms with Gasteiger partial charge in [-0.15, -0.1) is 0 Å². The number of hydrogen-bond donors (Lipinski definition) is 1. The van der Waals surface area contributed by atoms with Crippen LogP contribution in [0.4, 0.5) is 0 Å². The fourth-order valence-electron chi connectivity index (χ4n) is 3.93. The van der Waals surface area contributed by atoms with Gasteiger partial charge in [-0.3, -0.25) is 0 Å². The smallest absolute Gasteiger partial charge is 0.338 e. The van der Waals surface area contributed by atoms with Gasteiger partial charge < -0.3 is 9.84 Å². The number of aryl methyl sites for hydroxylation is 1. The lowest BCUT2D eigenvalue weighted by molar-refractivity contribution is 0.0696. The van der Waals surface area contributed by atoms with Gasteiger partial charge in [0.2, 0.25) is 0 Å². The molecule has 0 spiro atoms. The fraction of sp³-hybridized carbons (Fsp3) is 0.577. The first-order chi connectivity index (χ1) is 14.5. The molecule has 1 fully saturated rings. The van der Waals surface area contributed by atoms with E-state index in [0.717, 1.165) is 19.4 Å². The minimum Gasteiger partial charge on any atom is -0.478 e. The Morgan fingerprint density at radius 2 is 1.74 bits per heavy atom. The molecule has 1 saturated carbocycles. The van der Waals surface area contributed by atoms with Crippen LogP contribution in [0.15, 0.2) is 24.5 Å². The van der Waals surface area contributed by atoms with Gasteiger partial charge >= 0.3 is 5.97 Å². The third-order valence-corrected chi connectivity index (χ3v) is 5.56. The number of carboxylic acid groups (broad SMARTS) is 1. The molecule has 1 aliphatic rings. The highest BCUT2D eigenvalue weighted by Gasteiger charge is 2.49. The number of aromatic nitrogens is 2. The lowest BCUT2D eigenvalue weighted by atomic mass is 9.79. The first-order valence-electron chi connectivity index (χ1n) is 11.3. The monoisotopic (exact) mass is 426 g/mol. The molecule has 5 nitrogen and oxygen atoms in total. The van der Waals surface area contributed by atoms with Gasteiger partial charge in [-0.1, -0.05) is 60.6 Å². The van der Waals surface area contributed by atoms with E-state index >= 15 is 0 Å². The van der Waals surface area contributed by atoms with Gasteiger partial charge in [-0.25, -0.2) is 14.8 Å². The normalized spacial score (nSPS) is 14.7. The number of carboxylic acids is 1. The van der Waals surface area contributed by atoms with Crippen LogP contribution in [-0.2, 0) is 22.2 Å². The number of ether oxygens (including phenoxy) is 1. The molecule has 0 atom stereocenters. The van der Waals surface area contributed by atoms with E-state index in [1.807, 2.05) is 13.8 Å². The maximum absolute atomic E-state index is 11.1. The SMILES string of the molecule is CC.Cc1cc(COCC(C)C)c(C(C)(C)C)cc1C1(c2ncc(C(=O)O)cn2)CC1. The summed E-state index contributed by atoms with van der Waals surface area (Å²) in [4.78, 5) is 20.0. The van der Waals surface area contributed by atoms with E-state index in [1.165, 1.54) is 34.6 Å². The van der Waals surface area contributed by atoms with E-state index in [4.69, 9.17) is 9.84 Å².